The van der Waals surface area contributed by atoms with Crippen LogP contribution in [0.25, 0.3) is 0 Å². The molecule has 2 amide bonds. The molecule has 2 rings (SSSR count). The molecule has 1 saturated carbocycles. The van der Waals surface area contributed by atoms with Crippen molar-refractivity contribution in [2.75, 3.05) is 13.1 Å². The lowest BCUT2D eigenvalue weighted by molar-refractivity contribution is -0.123. The Hall–Kier alpha value is -1.95. The first kappa shape index (κ1) is 17.4. The lowest BCUT2D eigenvalue weighted by Crippen LogP contribution is -2.47. The van der Waals surface area contributed by atoms with Crippen molar-refractivity contribution in [3.05, 3.63) is 35.6 Å². The first-order valence-corrected chi connectivity index (χ1v) is 8.14. The average molecular weight is 321 g/mol. The van der Waals surface area contributed by atoms with E-state index in [4.69, 9.17) is 0 Å². The van der Waals surface area contributed by atoms with Crippen LogP contribution in [0.4, 0.5) is 4.39 Å². The van der Waals surface area contributed by atoms with Crippen LogP contribution in [-0.2, 0) is 4.79 Å². The molecule has 0 aliphatic heterocycles. The van der Waals surface area contributed by atoms with Crippen molar-refractivity contribution in [2.24, 2.45) is 0 Å². The lowest BCUT2D eigenvalue weighted by Gasteiger charge is -2.17. The van der Waals surface area contributed by atoms with Crippen LogP contribution in [0.3, 0.4) is 0 Å². The van der Waals surface area contributed by atoms with Gasteiger partial charge in [-0.1, -0.05) is 12.8 Å². The zero-order chi connectivity index (χ0) is 16.7. The fourth-order valence-corrected chi connectivity index (χ4v) is 2.66. The number of carbonyl (C=O) groups is 2. The van der Waals surface area contributed by atoms with E-state index in [1.807, 2.05) is 6.92 Å². The van der Waals surface area contributed by atoms with E-state index in [9.17, 15) is 14.0 Å². The van der Waals surface area contributed by atoms with Gasteiger partial charge in [0.2, 0.25) is 5.91 Å². The van der Waals surface area contributed by atoms with E-state index in [0.717, 1.165) is 12.8 Å². The molecule has 126 valence electrons. The number of hydrogen-bond donors (Lipinski definition) is 3. The number of halogens is 1. The van der Waals surface area contributed by atoms with Gasteiger partial charge in [-0.15, -0.1) is 0 Å². The maximum atomic E-state index is 12.8. The molecule has 23 heavy (non-hydrogen) atoms. The number of carbonyl (C=O) groups excluding carboxylic acids is 2. The van der Waals surface area contributed by atoms with Gasteiger partial charge in [0.25, 0.3) is 5.91 Å². The molecule has 5 nitrogen and oxygen atoms in total. The fourth-order valence-electron chi connectivity index (χ4n) is 2.66. The molecular weight excluding hydrogens is 297 g/mol. The van der Waals surface area contributed by atoms with E-state index in [2.05, 4.69) is 16.0 Å². The third-order valence-corrected chi connectivity index (χ3v) is 4.06. The van der Waals surface area contributed by atoms with Gasteiger partial charge in [0.15, 0.2) is 0 Å². The van der Waals surface area contributed by atoms with Crippen LogP contribution in [0.5, 0.6) is 0 Å². The standard InChI is InChI=1S/C17H24FN3O2/c1-12(16(22)21-15-4-2-3-5-15)19-10-11-20-17(23)13-6-8-14(18)9-7-13/h6-9,12,15,19H,2-5,10-11H2,1H3,(H,20,23)(H,21,22)/t12-/m0/s1. The maximum absolute atomic E-state index is 12.8. The second-order valence-electron chi connectivity index (χ2n) is 5.93. The normalized spacial score (nSPS) is 16.1. The zero-order valence-corrected chi connectivity index (χ0v) is 13.4. The summed E-state index contributed by atoms with van der Waals surface area (Å²) in [4.78, 5) is 23.8. The highest BCUT2D eigenvalue weighted by atomic mass is 19.1. The average Bonchev–Trinajstić information content (AvgIpc) is 3.04. The van der Waals surface area contributed by atoms with Gasteiger partial charge < -0.3 is 16.0 Å². The lowest BCUT2D eigenvalue weighted by atomic mass is 10.2. The summed E-state index contributed by atoms with van der Waals surface area (Å²) in [6.07, 6.45) is 4.49. The zero-order valence-electron chi connectivity index (χ0n) is 13.4. The number of hydrogen-bond acceptors (Lipinski definition) is 3. The van der Waals surface area contributed by atoms with Crippen molar-refractivity contribution in [1.29, 1.82) is 0 Å². The Balaban J connectivity index is 1.63. The first-order valence-electron chi connectivity index (χ1n) is 8.14. The Morgan fingerprint density at radius 3 is 2.48 bits per heavy atom. The number of rotatable bonds is 7. The first-order chi connectivity index (χ1) is 11.1. The molecule has 0 bridgehead atoms. The van der Waals surface area contributed by atoms with E-state index in [0.29, 0.717) is 24.7 Å². The van der Waals surface area contributed by atoms with Crippen molar-refractivity contribution < 1.29 is 14.0 Å². The van der Waals surface area contributed by atoms with Gasteiger partial charge in [-0.25, -0.2) is 4.39 Å². The monoisotopic (exact) mass is 321 g/mol. The van der Waals surface area contributed by atoms with Crippen molar-refractivity contribution >= 4 is 11.8 Å². The minimum absolute atomic E-state index is 0.00163. The second kappa shape index (κ2) is 8.62. The third-order valence-electron chi connectivity index (χ3n) is 4.06. The fraction of sp³-hybridized carbons (Fsp3) is 0.529. The summed E-state index contributed by atoms with van der Waals surface area (Å²) in [5.74, 6) is -0.623. The Morgan fingerprint density at radius 1 is 1.17 bits per heavy atom. The molecule has 0 unspecified atom stereocenters. The molecule has 1 aliphatic carbocycles. The van der Waals surface area contributed by atoms with Gasteiger partial charge in [-0.3, -0.25) is 9.59 Å². The van der Waals surface area contributed by atoms with Crippen molar-refractivity contribution in [1.82, 2.24) is 16.0 Å². The molecule has 6 heteroatoms. The minimum atomic E-state index is -0.370. The van der Waals surface area contributed by atoms with Gasteiger partial charge in [0.1, 0.15) is 5.82 Å². The van der Waals surface area contributed by atoms with Crippen molar-refractivity contribution in [3.8, 4) is 0 Å². The van der Waals surface area contributed by atoms with Crippen LogP contribution < -0.4 is 16.0 Å². The van der Waals surface area contributed by atoms with Crippen LogP contribution in [0.1, 0.15) is 43.0 Å². The van der Waals surface area contributed by atoms with Crippen LogP contribution >= 0.6 is 0 Å². The summed E-state index contributed by atoms with van der Waals surface area (Å²) in [7, 11) is 0. The molecule has 0 radical (unpaired) electrons. The second-order valence-corrected chi connectivity index (χ2v) is 5.93. The highest BCUT2D eigenvalue weighted by Gasteiger charge is 2.20. The van der Waals surface area contributed by atoms with Crippen molar-refractivity contribution in [3.63, 3.8) is 0 Å². The summed E-state index contributed by atoms with van der Waals surface area (Å²) >= 11 is 0. The van der Waals surface area contributed by atoms with Crippen LogP contribution in [0.15, 0.2) is 24.3 Å². The molecule has 1 fully saturated rings. The summed E-state index contributed by atoms with van der Waals surface area (Å²) in [6.45, 7) is 2.70. The van der Waals surface area contributed by atoms with Gasteiger partial charge in [0.05, 0.1) is 6.04 Å². The summed E-state index contributed by atoms with van der Waals surface area (Å²) < 4.78 is 12.8. The molecule has 0 spiro atoms. The maximum Gasteiger partial charge on any atom is 0.251 e. The van der Waals surface area contributed by atoms with E-state index in [1.54, 1.807) is 0 Å². The number of benzene rings is 1. The van der Waals surface area contributed by atoms with E-state index >= 15 is 0 Å². The predicted molar refractivity (Wildman–Crippen MR) is 86.6 cm³/mol. The largest absolute Gasteiger partial charge is 0.352 e. The topological polar surface area (TPSA) is 70.2 Å². The Morgan fingerprint density at radius 2 is 1.83 bits per heavy atom. The summed E-state index contributed by atoms with van der Waals surface area (Å²) in [6, 6.07) is 5.40. The van der Waals surface area contributed by atoms with E-state index in [-0.39, 0.29) is 23.7 Å². The molecule has 3 N–H and O–H groups in total. The molecular formula is C17H24FN3O2. The summed E-state index contributed by atoms with van der Waals surface area (Å²) in [5, 5.41) is 8.85. The quantitative estimate of drug-likeness (QED) is 0.668. The van der Waals surface area contributed by atoms with E-state index in [1.165, 1.54) is 37.1 Å². The molecule has 0 heterocycles. The van der Waals surface area contributed by atoms with Crippen LogP contribution in [0, 0.1) is 5.82 Å². The molecule has 1 aliphatic rings. The van der Waals surface area contributed by atoms with Crippen molar-refractivity contribution in [2.45, 2.75) is 44.7 Å². The van der Waals surface area contributed by atoms with E-state index < -0.39 is 0 Å². The SMILES string of the molecule is C[C@H](NCCNC(=O)c1ccc(F)cc1)C(=O)NC1CCCC1. The Kier molecular flexibility index (Phi) is 6.52. The van der Waals surface area contributed by atoms with Gasteiger partial charge in [0, 0.05) is 24.7 Å². The predicted octanol–water partition coefficient (Wildman–Crippen LogP) is 1.59. The molecule has 1 atom stereocenters. The highest BCUT2D eigenvalue weighted by molar-refractivity contribution is 5.94. The van der Waals surface area contributed by atoms with Crippen LogP contribution in [-0.4, -0.2) is 37.0 Å². The molecule has 1 aromatic rings. The smallest absolute Gasteiger partial charge is 0.251 e. The van der Waals surface area contributed by atoms with Gasteiger partial charge >= 0.3 is 0 Å². The molecule has 1 aromatic carbocycles. The van der Waals surface area contributed by atoms with Gasteiger partial charge in [-0.05, 0) is 44.0 Å². The molecule has 0 saturated heterocycles. The highest BCUT2D eigenvalue weighted by Crippen LogP contribution is 2.17. The van der Waals surface area contributed by atoms with Gasteiger partial charge in [-0.2, -0.15) is 0 Å². The Bertz CT molecular complexity index is 527. The van der Waals surface area contributed by atoms with Crippen LogP contribution in [0.2, 0.25) is 0 Å². The Labute approximate surface area is 136 Å². The third kappa shape index (κ3) is 5.63. The number of nitrogens with one attached hydrogen (secondary N) is 3. The minimum Gasteiger partial charge on any atom is -0.352 e. The number of amides is 2. The summed E-state index contributed by atoms with van der Waals surface area (Å²) in [5.41, 5.74) is 0.415. The molecule has 0 aromatic heterocycles.